The van der Waals surface area contributed by atoms with E-state index in [4.69, 9.17) is 15.6 Å². The number of nitrogens with zero attached hydrogens (tertiary/aromatic N) is 1. The standard InChI is InChI=1S/C12H16N2O5/c13-10(15)8-19-9-4-3-7-14(12(9)18)6-2-1-5-11(16)17/h3-4,7H,1-2,5-6,8H2,(H2,13,15)(H,16,17). The van der Waals surface area contributed by atoms with Crippen molar-refractivity contribution in [2.75, 3.05) is 6.61 Å². The number of unbranched alkanes of at least 4 members (excludes halogenated alkanes) is 1. The summed E-state index contributed by atoms with van der Waals surface area (Å²) in [4.78, 5) is 32.8. The average molecular weight is 268 g/mol. The molecule has 1 rings (SSSR count). The first-order valence-electron chi connectivity index (χ1n) is 5.83. The lowest BCUT2D eigenvalue weighted by atomic mass is 10.2. The summed E-state index contributed by atoms with van der Waals surface area (Å²) in [7, 11) is 0. The Morgan fingerprint density at radius 1 is 1.37 bits per heavy atom. The molecule has 3 N–H and O–H groups in total. The molecule has 0 aliphatic rings. The van der Waals surface area contributed by atoms with Crippen molar-refractivity contribution in [3.63, 3.8) is 0 Å². The number of hydrogen-bond donors (Lipinski definition) is 2. The predicted octanol–water partition coefficient (Wildman–Crippen LogP) is -0.0327. The van der Waals surface area contributed by atoms with Gasteiger partial charge in [-0.3, -0.25) is 14.4 Å². The van der Waals surface area contributed by atoms with E-state index in [0.717, 1.165) is 0 Å². The van der Waals surface area contributed by atoms with Gasteiger partial charge in [0.1, 0.15) is 0 Å². The van der Waals surface area contributed by atoms with E-state index in [-0.39, 0.29) is 24.3 Å². The number of carboxylic acids is 1. The van der Waals surface area contributed by atoms with Gasteiger partial charge in [-0.2, -0.15) is 0 Å². The molecule has 1 heterocycles. The van der Waals surface area contributed by atoms with E-state index >= 15 is 0 Å². The Bertz CT molecular complexity index is 509. The third-order valence-electron chi connectivity index (χ3n) is 2.39. The molecule has 7 nitrogen and oxygen atoms in total. The number of carboxylic acid groups (broad SMARTS) is 1. The molecule has 1 aromatic heterocycles. The third-order valence-corrected chi connectivity index (χ3v) is 2.39. The molecule has 0 saturated carbocycles. The fourth-order valence-electron chi connectivity index (χ4n) is 1.51. The van der Waals surface area contributed by atoms with Crippen LogP contribution >= 0.6 is 0 Å². The third kappa shape index (κ3) is 5.24. The summed E-state index contributed by atoms with van der Waals surface area (Å²) in [5, 5.41) is 8.50. The van der Waals surface area contributed by atoms with Crippen molar-refractivity contribution in [1.82, 2.24) is 4.57 Å². The van der Waals surface area contributed by atoms with Crippen LogP contribution in [0.1, 0.15) is 19.3 Å². The van der Waals surface area contributed by atoms with Crippen molar-refractivity contribution in [3.8, 4) is 5.75 Å². The molecule has 1 aromatic rings. The molecule has 0 saturated heterocycles. The molecule has 0 unspecified atom stereocenters. The zero-order valence-electron chi connectivity index (χ0n) is 10.4. The Kier molecular flexibility index (Phi) is 5.59. The number of aromatic nitrogens is 1. The zero-order chi connectivity index (χ0) is 14.3. The van der Waals surface area contributed by atoms with Gasteiger partial charge >= 0.3 is 5.97 Å². The van der Waals surface area contributed by atoms with E-state index in [9.17, 15) is 14.4 Å². The van der Waals surface area contributed by atoms with Crippen molar-refractivity contribution in [2.45, 2.75) is 25.8 Å². The average Bonchev–Trinajstić information content (AvgIpc) is 2.34. The number of carbonyl (C=O) groups excluding carboxylic acids is 1. The summed E-state index contributed by atoms with van der Waals surface area (Å²) < 4.78 is 6.40. The fraction of sp³-hybridized carbons (Fsp3) is 0.417. The van der Waals surface area contributed by atoms with Gasteiger partial charge in [-0.15, -0.1) is 0 Å². The second-order valence-electron chi connectivity index (χ2n) is 3.98. The summed E-state index contributed by atoms with van der Waals surface area (Å²) in [6.07, 6.45) is 2.73. The molecular formula is C12H16N2O5. The summed E-state index contributed by atoms with van der Waals surface area (Å²) in [5.74, 6) is -1.46. The minimum absolute atomic E-state index is 0.0551. The smallest absolute Gasteiger partial charge is 0.303 e. The molecular weight excluding hydrogens is 252 g/mol. The number of rotatable bonds is 8. The van der Waals surface area contributed by atoms with Gasteiger partial charge in [-0.25, -0.2) is 0 Å². The van der Waals surface area contributed by atoms with Gasteiger partial charge in [0.15, 0.2) is 12.4 Å². The van der Waals surface area contributed by atoms with Crippen molar-refractivity contribution in [3.05, 3.63) is 28.7 Å². The lowest BCUT2D eigenvalue weighted by molar-refractivity contribution is -0.137. The highest BCUT2D eigenvalue weighted by atomic mass is 16.5. The lowest BCUT2D eigenvalue weighted by Crippen LogP contribution is -2.26. The second-order valence-corrected chi connectivity index (χ2v) is 3.98. The summed E-state index contributed by atoms with van der Waals surface area (Å²) in [5.41, 5.74) is 4.56. The molecule has 0 fully saturated rings. The first-order valence-corrected chi connectivity index (χ1v) is 5.83. The molecule has 7 heteroatoms. The highest BCUT2D eigenvalue weighted by Crippen LogP contribution is 2.03. The topological polar surface area (TPSA) is 112 Å². The number of aliphatic carboxylic acids is 1. The van der Waals surface area contributed by atoms with Gasteiger partial charge in [0.05, 0.1) is 0 Å². The van der Waals surface area contributed by atoms with Gasteiger partial charge in [0.2, 0.25) is 0 Å². The molecule has 0 spiro atoms. The first kappa shape index (κ1) is 14.7. The SMILES string of the molecule is NC(=O)COc1cccn(CCCCC(=O)O)c1=O. The summed E-state index contributed by atoms with van der Waals surface area (Å²) >= 11 is 0. The second kappa shape index (κ2) is 7.20. The minimum atomic E-state index is -0.856. The van der Waals surface area contributed by atoms with Crippen LogP contribution in [0.25, 0.3) is 0 Å². The largest absolute Gasteiger partial charge is 0.481 e. The predicted molar refractivity (Wildman–Crippen MR) is 66.9 cm³/mol. The number of nitrogens with two attached hydrogens (primary N) is 1. The van der Waals surface area contributed by atoms with Crippen LogP contribution in [0.5, 0.6) is 5.75 Å². The number of aryl methyl sites for hydroxylation is 1. The van der Waals surface area contributed by atoms with Gasteiger partial charge in [0.25, 0.3) is 11.5 Å². The maximum atomic E-state index is 11.9. The molecule has 0 aliphatic carbocycles. The summed E-state index contributed by atoms with van der Waals surface area (Å²) in [6, 6.07) is 3.08. The maximum absolute atomic E-state index is 11.9. The van der Waals surface area contributed by atoms with Crippen LogP contribution < -0.4 is 16.0 Å². The van der Waals surface area contributed by atoms with E-state index in [2.05, 4.69) is 0 Å². The lowest BCUT2D eigenvalue weighted by Gasteiger charge is -2.08. The quantitative estimate of drug-likeness (QED) is 0.643. The molecule has 0 aromatic carbocycles. The van der Waals surface area contributed by atoms with E-state index in [1.807, 2.05) is 0 Å². The van der Waals surface area contributed by atoms with E-state index < -0.39 is 11.9 Å². The van der Waals surface area contributed by atoms with Crippen LogP contribution in [0.15, 0.2) is 23.1 Å². The molecule has 0 atom stereocenters. The number of carbonyl (C=O) groups is 2. The molecule has 0 aliphatic heterocycles. The number of hydrogen-bond acceptors (Lipinski definition) is 4. The van der Waals surface area contributed by atoms with Crippen LogP contribution in [0, 0.1) is 0 Å². The number of amides is 1. The first-order chi connectivity index (χ1) is 9.00. The molecule has 0 bridgehead atoms. The summed E-state index contributed by atoms with van der Waals surface area (Å²) in [6.45, 7) is 0.0537. The minimum Gasteiger partial charge on any atom is -0.481 e. The fourth-order valence-corrected chi connectivity index (χ4v) is 1.51. The van der Waals surface area contributed by atoms with E-state index in [1.165, 1.54) is 10.6 Å². The van der Waals surface area contributed by atoms with Gasteiger partial charge in [0, 0.05) is 19.2 Å². The van der Waals surface area contributed by atoms with Crippen molar-refractivity contribution in [2.24, 2.45) is 5.73 Å². The molecule has 104 valence electrons. The van der Waals surface area contributed by atoms with Gasteiger partial charge in [-0.1, -0.05) is 0 Å². The van der Waals surface area contributed by atoms with E-state index in [0.29, 0.717) is 19.4 Å². The van der Waals surface area contributed by atoms with Crippen LogP contribution in [-0.4, -0.2) is 28.2 Å². The van der Waals surface area contributed by atoms with Crippen molar-refractivity contribution in [1.29, 1.82) is 0 Å². The van der Waals surface area contributed by atoms with E-state index in [1.54, 1.807) is 12.3 Å². The molecule has 1 amide bonds. The van der Waals surface area contributed by atoms with Gasteiger partial charge < -0.3 is 20.1 Å². The van der Waals surface area contributed by atoms with Gasteiger partial charge in [-0.05, 0) is 25.0 Å². The van der Waals surface area contributed by atoms with Crippen LogP contribution in [0.4, 0.5) is 0 Å². The Morgan fingerprint density at radius 2 is 2.11 bits per heavy atom. The Balaban J connectivity index is 2.59. The monoisotopic (exact) mass is 268 g/mol. The maximum Gasteiger partial charge on any atom is 0.303 e. The highest BCUT2D eigenvalue weighted by Gasteiger charge is 2.06. The Hall–Kier alpha value is -2.31. The number of ether oxygens (including phenoxy) is 1. The molecule has 0 radical (unpaired) electrons. The zero-order valence-corrected chi connectivity index (χ0v) is 10.4. The Morgan fingerprint density at radius 3 is 2.74 bits per heavy atom. The van der Waals surface area contributed by atoms with Crippen LogP contribution in [0.3, 0.4) is 0 Å². The van der Waals surface area contributed by atoms with Crippen LogP contribution in [0.2, 0.25) is 0 Å². The van der Waals surface area contributed by atoms with Crippen LogP contribution in [-0.2, 0) is 16.1 Å². The van der Waals surface area contributed by atoms with Crippen molar-refractivity contribution >= 4 is 11.9 Å². The number of primary amides is 1. The highest BCUT2D eigenvalue weighted by molar-refractivity contribution is 5.75. The van der Waals surface area contributed by atoms with Crippen molar-refractivity contribution < 1.29 is 19.4 Å². The Labute approximate surface area is 109 Å². The molecule has 19 heavy (non-hydrogen) atoms. The number of pyridine rings is 1. The normalized spacial score (nSPS) is 10.1.